The molecule has 0 fully saturated rings. The molecular weight excluding hydrogens is 199 g/mol. The van der Waals surface area contributed by atoms with E-state index >= 15 is 0 Å². The van der Waals surface area contributed by atoms with Crippen LogP contribution in [0.1, 0.15) is 26.7 Å². The van der Waals surface area contributed by atoms with Crippen molar-refractivity contribution >= 4 is 0 Å². The fourth-order valence-corrected chi connectivity index (χ4v) is 1.05. The van der Waals surface area contributed by atoms with E-state index in [1.807, 2.05) is 6.08 Å². The van der Waals surface area contributed by atoms with Crippen LogP contribution in [-0.2, 0) is 0 Å². The summed E-state index contributed by atoms with van der Waals surface area (Å²) in [5.41, 5.74) is 1.80. The first-order chi connectivity index (χ1) is 7.34. The molecule has 0 saturated carbocycles. The molecule has 0 unspecified atom stereocenters. The summed E-state index contributed by atoms with van der Waals surface area (Å²) in [4.78, 5) is 0. The fraction of sp³-hybridized carbons (Fsp3) is 0.333. The van der Waals surface area contributed by atoms with Gasteiger partial charge < -0.3 is 0 Å². The Morgan fingerprint density at radius 1 is 1.12 bits per heavy atom. The predicted octanol–water partition coefficient (Wildman–Crippen LogP) is 5.13. The number of hydrogen-bond acceptors (Lipinski definition) is 0. The summed E-state index contributed by atoms with van der Waals surface area (Å²) in [6.07, 6.45) is 5.64. The van der Waals surface area contributed by atoms with Crippen LogP contribution in [0.15, 0.2) is 61.0 Å². The molecule has 16 heavy (non-hydrogen) atoms. The summed E-state index contributed by atoms with van der Waals surface area (Å²) in [6.45, 7) is 18.7. The highest BCUT2D eigenvalue weighted by Crippen LogP contribution is 2.18. The molecule has 0 spiro atoms. The van der Waals surface area contributed by atoms with Crippen molar-refractivity contribution in [2.45, 2.75) is 26.7 Å². The molecule has 0 atom stereocenters. The van der Waals surface area contributed by atoms with Gasteiger partial charge in [-0.05, 0) is 24.3 Å². The molecular formula is C15H21F. The van der Waals surface area contributed by atoms with Crippen LogP contribution in [0.3, 0.4) is 0 Å². The van der Waals surface area contributed by atoms with Gasteiger partial charge in [0.25, 0.3) is 0 Å². The van der Waals surface area contributed by atoms with E-state index in [0.29, 0.717) is 11.5 Å². The topological polar surface area (TPSA) is 0 Å². The van der Waals surface area contributed by atoms with Crippen molar-refractivity contribution < 1.29 is 4.39 Å². The van der Waals surface area contributed by atoms with Gasteiger partial charge in [-0.25, -0.2) is 4.39 Å². The molecule has 0 heterocycles. The SMILES string of the molecule is C=C(/C=C\C(=C)C(=C)C(=C)F)CCC(C)C. The monoisotopic (exact) mass is 220 g/mol. The largest absolute Gasteiger partial charge is 0.207 e. The maximum Gasteiger partial charge on any atom is 0.123 e. The van der Waals surface area contributed by atoms with Crippen molar-refractivity contribution in [2.24, 2.45) is 5.92 Å². The maximum atomic E-state index is 12.7. The van der Waals surface area contributed by atoms with Crippen molar-refractivity contribution in [3.8, 4) is 0 Å². The molecule has 0 aromatic rings. The summed E-state index contributed by atoms with van der Waals surface area (Å²) in [5, 5.41) is 0. The lowest BCUT2D eigenvalue weighted by Gasteiger charge is -2.04. The van der Waals surface area contributed by atoms with Gasteiger partial charge in [0.05, 0.1) is 0 Å². The van der Waals surface area contributed by atoms with E-state index in [9.17, 15) is 4.39 Å². The third kappa shape index (κ3) is 6.18. The minimum Gasteiger partial charge on any atom is -0.207 e. The highest BCUT2D eigenvalue weighted by Gasteiger charge is 2.00. The Morgan fingerprint density at radius 2 is 1.69 bits per heavy atom. The van der Waals surface area contributed by atoms with Gasteiger partial charge in [-0.1, -0.05) is 57.9 Å². The predicted molar refractivity (Wildman–Crippen MR) is 70.9 cm³/mol. The first-order valence-electron chi connectivity index (χ1n) is 5.43. The second kappa shape index (κ2) is 7.00. The van der Waals surface area contributed by atoms with Gasteiger partial charge in [0.1, 0.15) is 5.83 Å². The molecule has 88 valence electrons. The molecule has 0 aromatic heterocycles. The lowest BCUT2D eigenvalue weighted by molar-refractivity contribution is 0.588. The summed E-state index contributed by atoms with van der Waals surface area (Å²) in [7, 11) is 0. The average molecular weight is 220 g/mol. The lowest BCUT2D eigenvalue weighted by Crippen LogP contribution is -1.88. The Labute approximate surface area is 98.6 Å². The smallest absolute Gasteiger partial charge is 0.123 e. The number of halogens is 1. The molecule has 0 aliphatic carbocycles. The van der Waals surface area contributed by atoms with Gasteiger partial charge in [0.15, 0.2) is 0 Å². The molecule has 0 bridgehead atoms. The molecule has 0 amide bonds. The first kappa shape index (κ1) is 14.6. The highest BCUT2D eigenvalue weighted by atomic mass is 19.1. The Balaban J connectivity index is 4.18. The standard InChI is InChI=1S/C15H21F/c1-11(2)7-8-12(3)9-10-13(4)14(5)15(6)16/h9-11H,3-8H2,1-2H3/b10-9-. The van der Waals surface area contributed by atoms with E-state index < -0.39 is 5.83 Å². The zero-order valence-corrected chi connectivity index (χ0v) is 10.4. The van der Waals surface area contributed by atoms with E-state index in [0.717, 1.165) is 18.4 Å². The van der Waals surface area contributed by atoms with Gasteiger partial charge in [0, 0.05) is 5.57 Å². The molecule has 0 saturated heterocycles. The maximum absolute atomic E-state index is 12.7. The Hall–Kier alpha value is -1.37. The summed E-state index contributed by atoms with van der Waals surface area (Å²) >= 11 is 0. The molecule has 0 N–H and O–H groups in total. The van der Waals surface area contributed by atoms with Crippen LogP contribution in [0.25, 0.3) is 0 Å². The van der Waals surface area contributed by atoms with Gasteiger partial charge in [-0.2, -0.15) is 0 Å². The third-order valence-corrected chi connectivity index (χ3v) is 2.28. The van der Waals surface area contributed by atoms with Gasteiger partial charge >= 0.3 is 0 Å². The zero-order chi connectivity index (χ0) is 12.7. The minimum absolute atomic E-state index is 0.243. The van der Waals surface area contributed by atoms with E-state index in [4.69, 9.17) is 0 Å². The van der Waals surface area contributed by atoms with Crippen LogP contribution < -0.4 is 0 Å². The average Bonchev–Trinajstić information content (AvgIpc) is 2.21. The third-order valence-electron chi connectivity index (χ3n) is 2.28. The molecule has 0 aliphatic rings. The van der Waals surface area contributed by atoms with Crippen LogP contribution in [-0.4, -0.2) is 0 Å². The fourth-order valence-electron chi connectivity index (χ4n) is 1.05. The summed E-state index contributed by atoms with van der Waals surface area (Å²) in [6, 6.07) is 0. The van der Waals surface area contributed by atoms with Gasteiger partial charge in [0.2, 0.25) is 0 Å². The van der Waals surface area contributed by atoms with E-state index in [1.165, 1.54) is 0 Å². The number of rotatable bonds is 7. The molecule has 0 nitrogen and oxygen atoms in total. The second-order valence-corrected chi connectivity index (χ2v) is 4.33. The lowest BCUT2D eigenvalue weighted by atomic mass is 10.0. The van der Waals surface area contributed by atoms with Crippen LogP contribution in [0.2, 0.25) is 0 Å². The van der Waals surface area contributed by atoms with Crippen LogP contribution in [0.4, 0.5) is 4.39 Å². The Kier molecular flexibility index (Phi) is 6.40. The van der Waals surface area contributed by atoms with Crippen LogP contribution in [0.5, 0.6) is 0 Å². The van der Waals surface area contributed by atoms with Crippen LogP contribution >= 0.6 is 0 Å². The van der Waals surface area contributed by atoms with E-state index in [1.54, 1.807) is 6.08 Å². The van der Waals surface area contributed by atoms with Crippen LogP contribution in [0, 0.1) is 5.92 Å². The molecule has 0 aromatic carbocycles. The molecule has 1 heteroatoms. The molecule has 0 radical (unpaired) electrons. The minimum atomic E-state index is -0.539. The van der Waals surface area contributed by atoms with Crippen molar-refractivity contribution in [3.05, 3.63) is 61.0 Å². The van der Waals surface area contributed by atoms with Crippen molar-refractivity contribution in [1.82, 2.24) is 0 Å². The van der Waals surface area contributed by atoms with Crippen molar-refractivity contribution in [2.75, 3.05) is 0 Å². The van der Waals surface area contributed by atoms with Crippen molar-refractivity contribution in [1.29, 1.82) is 0 Å². The zero-order valence-electron chi connectivity index (χ0n) is 10.4. The summed E-state index contributed by atoms with van der Waals surface area (Å²) < 4.78 is 12.7. The van der Waals surface area contributed by atoms with Crippen molar-refractivity contribution in [3.63, 3.8) is 0 Å². The number of allylic oxidation sites excluding steroid dienone is 6. The second-order valence-electron chi connectivity index (χ2n) is 4.33. The Morgan fingerprint density at radius 3 is 2.12 bits per heavy atom. The number of hydrogen-bond donors (Lipinski definition) is 0. The van der Waals surface area contributed by atoms with Gasteiger partial charge in [-0.3, -0.25) is 0 Å². The quantitative estimate of drug-likeness (QED) is 0.522. The van der Waals surface area contributed by atoms with E-state index in [-0.39, 0.29) is 5.57 Å². The highest BCUT2D eigenvalue weighted by molar-refractivity contribution is 5.45. The summed E-state index contributed by atoms with van der Waals surface area (Å²) in [5.74, 6) is 0.122. The Bertz CT molecular complexity index is 329. The first-order valence-corrected chi connectivity index (χ1v) is 5.43. The normalized spacial score (nSPS) is 10.8. The van der Waals surface area contributed by atoms with E-state index in [2.05, 4.69) is 40.2 Å². The molecule has 0 aliphatic heterocycles. The molecule has 0 rings (SSSR count). The van der Waals surface area contributed by atoms with Gasteiger partial charge in [-0.15, -0.1) is 0 Å².